The lowest BCUT2D eigenvalue weighted by atomic mass is 10.1. The minimum absolute atomic E-state index is 0.0413. The summed E-state index contributed by atoms with van der Waals surface area (Å²) in [5.41, 5.74) is 0.679. The number of hydrogen-bond acceptors (Lipinski definition) is 4. The number of aryl methyl sites for hydroxylation is 1. The predicted molar refractivity (Wildman–Crippen MR) is 90.4 cm³/mol. The third kappa shape index (κ3) is 5.17. The zero-order valence-corrected chi connectivity index (χ0v) is 14.7. The smallest absolute Gasteiger partial charge is 0.326 e. The van der Waals surface area contributed by atoms with Crippen molar-refractivity contribution in [3.05, 3.63) is 41.5 Å². The molecule has 0 saturated carbocycles. The summed E-state index contributed by atoms with van der Waals surface area (Å²) < 4.78 is 26.4. The second kappa shape index (κ2) is 8.60. The summed E-state index contributed by atoms with van der Waals surface area (Å²) in [6.07, 6.45) is 3.47. The molecule has 0 bridgehead atoms. The van der Waals surface area contributed by atoms with Gasteiger partial charge in [-0.1, -0.05) is 25.1 Å². The predicted octanol–water partition coefficient (Wildman–Crippen LogP) is 1.44. The molecule has 0 fully saturated rings. The lowest BCUT2D eigenvalue weighted by Gasteiger charge is -2.15. The fourth-order valence-corrected chi connectivity index (χ4v) is 3.08. The van der Waals surface area contributed by atoms with Crippen molar-refractivity contribution in [2.75, 3.05) is 6.54 Å². The number of carboxylic acid groups (broad SMARTS) is 1. The Hall–Kier alpha value is -2.19. The van der Waals surface area contributed by atoms with Crippen LogP contribution in [0.5, 0.6) is 0 Å². The number of amides is 1. The highest BCUT2D eigenvalue weighted by Gasteiger charge is 2.22. The van der Waals surface area contributed by atoms with Gasteiger partial charge in [-0.05, 0) is 38.0 Å². The molecule has 24 heavy (non-hydrogen) atoms. The van der Waals surface area contributed by atoms with E-state index in [1.54, 1.807) is 32.9 Å². The van der Waals surface area contributed by atoms with Gasteiger partial charge in [0, 0.05) is 12.1 Å². The molecule has 0 heterocycles. The molecule has 1 atom stereocenters. The number of carboxylic acids is 1. The van der Waals surface area contributed by atoms with E-state index >= 15 is 0 Å². The first kappa shape index (κ1) is 19.9. The van der Waals surface area contributed by atoms with Crippen molar-refractivity contribution in [3.63, 3.8) is 0 Å². The van der Waals surface area contributed by atoms with Gasteiger partial charge in [0.2, 0.25) is 10.0 Å². The molecule has 0 aromatic heterocycles. The molecular formula is C16H22N2O5S. The molecular weight excluding hydrogens is 332 g/mol. The normalized spacial score (nSPS) is 13.0. The summed E-state index contributed by atoms with van der Waals surface area (Å²) in [6, 6.07) is 3.08. The number of allylic oxidation sites excluding steroid dienone is 1. The van der Waals surface area contributed by atoms with Crippen molar-refractivity contribution in [2.24, 2.45) is 0 Å². The van der Waals surface area contributed by atoms with Gasteiger partial charge in [0.1, 0.15) is 6.04 Å². The molecule has 0 aliphatic rings. The maximum absolute atomic E-state index is 12.4. The fraction of sp³-hybridized carbons (Fsp3) is 0.375. The maximum Gasteiger partial charge on any atom is 0.326 e. The van der Waals surface area contributed by atoms with Gasteiger partial charge >= 0.3 is 5.97 Å². The standard InChI is InChI=1S/C16H22N2O5S/c1-4-6-7-14(16(20)21)18-15(19)13-10-12(9-8-11(13)3)24(22,23)17-5-2/h4,6,8-10,14,17H,5,7H2,1-3H3,(H,18,19)(H,20,21)/b6-4+. The largest absolute Gasteiger partial charge is 0.480 e. The number of hydrogen-bond donors (Lipinski definition) is 3. The Labute approximate surface area is 141 Å². The summed E-state index contributed by atoms with van der Waals surface area (Å²) in [4.78, 5) is 23.5. The van der Waals surface area contributed by atoms with Crippen LogP contribution in [0.3, 0.4) is 0 Å². The maximum atomic E-state index is 12.4. The monoisotopic (exact) mass is 354 g/mol. The van der Waals surface area contributed by atoms with Crippen molar-refractivity contribution >= 4 is 21.9 Å². The minimum Gasteiger partial charge on any atom is -0.480 e. The Bertz CT molecular complexity index is 741. The lowest BCUT2D eigenvalue weighted by Crippen LogP contribution is -2.40. The van der Waals surface area contributed by atoms with E-state index in [0.29, 0.717) is 5.56 Å². The van der Waals surface area contributed by atoms with Gasteiger partial charge in [-0.2, -0.15) is 0 Å². The fourth-order valence-electron chi connectivity index (χ4n) is 2.02. The number of carbonyl (C=O) groups is 2. The Morgan fingerprint density at radius 2 is 2.00 bits per heavy atom. The molecule has 1 aromatic carbocycles. The van der Waals surface area contributed by atoms with Crippen LogP contribution < -0.4 is 10.0 Å². The van der Waals surface area contributed by atoms with Gasteiger partial charge in [-0.15, -0.1) is 0 Å². The molecule has 3 N–H and O–H groups in total. The van der Waals surface area contributed by atoms with Crippen molar-refractivity contribution in [3.8, 4) is 0 Å². The van der Waals surface area contributed by atoms with Crippen LogP contribution in [-0.4, -0.2) is 38.0 Å². The van der Waals surface area contributed by atoms with E-state index in [1.165, 1.54) is 18.2 Å². The Morgan fingerprint density at radius 1 is 1.33 bits per heavy atom. The van der Waals surface area contributed by atoms with E-state index in [2.05, 4.69) is 10.0 Å². The molecule has 1 amide bonds. The second-order valence-electron chi connectivity index (χ2n) is 5.15. The number of aliphatic carboxylic acids is 1. The number of sulfonamides is 1. The lowest BCUT2D eigenvalue weighted by molar-refractivity contribution is -0.139. The first-order valence-corrected chi connectivity index (χ1v) is 8.96. The molecule has 0 radical (unpaired) electrons. The van der Waals surface area contributed by atoms with E-state index in [1.807, 2.05) is 0 Å². The topological polar surface area (TPSA) is 113 Å². The summed E-state index contributed by atoms with van der Waals surface area (Å²) in [7, 11) is -3.70. The van der Waals surface area contributed by atoms with Crippen molar-refractivity contribution < 1.29 is 23.1 Å². The highest BCUT2D eigenvalue weighted by atomic mass is 32.2. The highest BCUT2D eigenvalue weighted by Crippen LogP contribution is 2.16. The van der Waals surface area contributed by atoms with E-state index in [0.717, 1.165) is 0 Å². The van der Waals surface area contributed by atoms with E-state index < -0.39 is 27.9 Å². The third-order valence-corrected chi connectivity index (χ3v) is 4.85. The van der Waals surface area contributed by atoms with Crippen LogP contribution in [0.15, 0.2) is 35.2 Å². The van der Waals surface area contributed by atoms with Crippen LogP contribution in [-0.2, 0) is 14.8 Å². The molecule has 1 rings (SSSR count). The second-order valence-corrected chi connectivity index (χ2v) is 6.91. The van der Waals surface area contributed by atoms with Crippen LogP contribution in [0.1, 0.15) is 36.2 Å². The zero-order chi connectivity index (χ0) is 18.3. The highest BCUT2D eigenvalue weighted by molar-refractivity contribution is 7.89. The number of benzene rings is 1. The van der Waals surface area contributed by atoms with Gasteiger partial charge in [-0.25, -0.2) is 17.9 Å². The molecule has 0 saturated heterocycles. The van der Waals surface area contributed by atoms with Gasteiger partial charge in [0.05, 0.1) is 4.90 Å². The van der Waals surface area contributed by atoms with Crippen LogP contribution in [0.25, 0.3) is 0 Å². The van der Waals surface area contributed by atoms with Crippen LogP contribution in [0.4, 0.5) is 0 Å². The van der Waals surface area contributed by atoms with Crippen LogP contribution >= 0.6 is 0 Å². The number of carbonyl (C=O) groups excluding carboxylic acids is 1. The van der Waals surface area contributed by atoms with Gasteiger partial charge < -0.3 is 10.4 Å². The first-order chi connectivity index (χ1) is 11.2. The van der Waals surface area contributed by atoms with Gasteiger partial charge in [0.25, 0.3) is 5.91 Å². The molecule has 0 aliphatic heterocycles. The average Bonchev–Trinajstić information content (AvgIpc) is 2.51. The summed E-state index contributed by atoms with van der Waals surface area (Å²) in [6.45, 7) is 5.28. The SMILES string of the molecule is C/C=C/CC(NC(=O)c1cc(S(=O)(=O)NCC)ccc1C)C(=O)O. The quantitative estimate of drug-likeness (QED) is 0.612. The van der Waals surface area contributed by atoms with E-state index in [-0.39, 0.29) is 23.4 Å². The molecule has 132 valence electrons. The van der Waals surface area contributed by atoms with E-state index in [4.69, 9.17) is 5.11 Å². The Kier molecular flexibility index (Phi) is 7.12. The zero-order valence-electron chi connectivity index (χ0n) is 13.9. The van der Waals surface area contributed by atoms with Crippen LogP contribution in [0.2, 0.25) is 0 Å². The van der Waals surface area contributed by atoms with Gasteiger partial charge in [0.15, 0.2) is 0 Å². The van der Waals surface area contributed by atoms with E-state index in [9.17, 15) is 18.0 Å². The Morgan fingerprint density at radius 3 is 2.54 bits per heavy atom. The van der Waals surface area contributed by atoms with Crippen molar-refractivity contribution in [1.29, 1.82) is 0 Å². The Balaban J connectivity index is 3.12. The third-order valence-electron chi connectivity index (χ3n) is 3.31. The summed E-state index contributed by atoms with van der Waals surface area (Å²) in [5.74, 6) is -1.78. The number of nitrogens with one attached hydrogen (secondary N) is 2. The van der Waals surface area contributed by atoms with Crippen LogP contribution in [0, 0.1) is 6.92 Å². The molecule has 8 heteroatoms. The summed E-state index contributed by atoms with van der Waals surface area (Å²) >= 11 is 0. The molecule has 7 nitrogen and oxygen atoms in total. The average molecular weight is 354 g/mol. The summed E-state index contributed by atoms with van der Waals surface area (Å²) in [5, 5.41) is 11.6. The van der Waals surface area contributed by atoms with Crippen molar-refractivity contribution in [1.82, 2.24) is 10.0 Å². The first-order valence-electron chi connectivity index (χ1n) is 7.48. The number of rotatable bonds is 8. The molecule has 0 aliphatic carbocycles. The minimum atomic E-state index is -3.70. The van der Waals surface area contributed by atoms with Crippen molar-refractivity contribution in [2.45, 2.75) is 38.1 Å². The molecule has 1 unspecified atom stereocenters. The molecule has 1 aromatic rings. The van der Waals surface area contributed by atoms with Gasteiger partial charge in [-0.3, -0.25) is 4.79 Å². The molecule has 0 spiro atoms.